The lowest BCUT2D eigenvalue weighted by atomic mass is 9.89. The molecule has 2 unspecified atom stereocenters. The van der Waals surface area contributed by atoms with E-state index in [1.165, 1.54) is 6.26 Å². The summed E-state index contributed by atoms with van der Waals surface area (Å²) in [6.45, 7) is 0.225. The Balaban J connectivity index is 1.44. The molecule has 2 atom stereocenters. The first-order valence-electron chi connectivity index (χ1n) is 11.1. The number of amides is 1. The number of ether oxygens (including phenoxy) is 1. The van der Waals surface area contributed by atoms with Crippen LogP contribution in [-0.4, -0.2) is 28.5 Å². The third kappa shape index (κ3) is 3.90. The summed E-state index contributed by atoms with van der Waals surface area (Å²) < 4.78 is 5.79. The maximum atomic E-state index is 13.5. The van der Waals surface area contributed by atoms with Crippen LogP contribution in [0, 0.1) is 17.2 Å². The number of nitrogens with zero attached hydrogens (tertiary/aromatic N) is 3. The maximum absolute atomic E-state index is 13.5. The Kier molecular flexibility index (Phi) is 5.79. The summed E-state index contributed by atoms with van der Waals surface area (Å²) in [4.78, 5) is 26.2. The minimum absolute atomic E-state index is 0.0771. The molecule has 0 saturated carbocycles. The van der Waals surface area contributed by atoms with E-state index in [1.54, 1.807) is 0 Å². The lowest BCUT2D eigenvalue weighted by molar-refractivity contribution is -0.128. The quantitative estimate of drug-likeness (QED) is 0.536. The zero-order valence-corrected chi connectivity index (χ0v) is 18.3. The number of Topliss-reactive ketones (excluding diaryl/α,β-unsaturated/α-hetero) is 1. The molecule has 3 aliphatic rings. The van der Waals surface area contributed by atoms with Crippen LogP contribution in [0.25, 0.3) is 0 Å². The number of rotatable bonds is 6. The van der Waals surface area contributed by atoms with E-state index in [0.29, 0.717) is 11.3 Å². The topological polar surface area (TPSA) is 94.8 Å². The SMILES string of the molecule is N#CC(C(=O)NCc1ccccc1)C(=O)C1=NN(C2C=CCC=C2)C2C1=COc1ccccc12. The van der Waals surface area contributed by atoms with E-state index in [2.05, 4.69) is 10.4 Å². The van der Waals surface area contributed by atoms with Crippen LogP contribution in [0.5, 0.6) is 5.75 Å². The molecule has 168 valence electrons. The van der Waals surface area contributed by atoms with Gasteiger partial charge in [-0.2, -0.15) is 10.4 Å². The van der Waals surface area contributed by atoms with Gasteiger partial charge in [0.05, 0.1) is 18.4 Å². The van der Waals surface area contributed by atoms with E-state index in [1.807, 2.05) is 90.0 Å². The van der Waals surface area contributed by atoms with Crippen LogP contribution >= 0.6 is 0 Å². The van der Waals surface area contributed by atoms with Crippen molar-refractivity contribution in [3.05, 3.63) is 102 Å². The van der Waals surface area contributed by atoms with Gasteiger partial charge in [-0.15, -0.1) is 0 Å². The van der Waals surface area contributed by atoms with Gasteiger partial charge >= 0.3 is 0 Å². The number of fused-ring (bicyclic) bond motifs is 3. The lowest BCUT2D eigenvalue weighted by Crippen LogP contribution is -2.37. The zero-order valence-electron chi connectivity index (χ0n) is 18.3. The van der Waals surface area contributed by atoms with Gasteiger partial charge in [-0.1, -0.05) is 72.8 Å². The summed E-state index contributed by atoms with van der Waals surface area (Å²) in [6, 6.07) is 18.3. The molecule has 2 aromatic rings. The molecular weight excluding hydrogens is 428 g/mol. The van der Waals surface area contributed by atoms with Crippen LogP contribution in [0.15, 0.2) is 95.8 Å². The number of hydrogen-bond acceptors (Lipinski definition) is 6. The van der Waals surface area contributed by atoms with Gasteiger partial charge in [-0.25, -0.2) is 0 Å². The van der Waals surface area contributed by atoms with Crippen molar-refractivity contribution in [3.63, 3.8) is 0 Å². The predicted octanol–water partition coefficient (Wildman–Crippen LogP) is 3.59. The Bertz CT molecular complexity index is 1270. The Morgan fingerprint density at radius 3 is 2.62 bits per heavy atom. The third-order valence-corrected chi connectivity index (χ3v) is 6.02. The number of allylic oxidation sites excluding steroid dienone is 2. The first-order chi connectivity index (χ1) is 16.7. The molecule has 1 aliphatic carbocycles. The molecule has 2 aliphatic heterocycles. The smallest absolute Gasteiger partial charge is 0.245 e. The molecule has 2 heterocycles. The Hall–Kier alpha value is -4.44. The van der Waals surface area contributed by atoms with Crippen LogP contribution in [-0.2, 0) is 16.1 Å². The summed E-state index contributed by atoms with van der Waals surface area (Å²) >= 11 is 0. The summed E-state index contributed by atoms with van der Waals surface area (Å²) in [5.74, 6) is -2.12. The molecule has 0 radical (unpaired) electrons. The van der Waals surface area contributed by atoms with Gasteiger partial charge < -0.3 is 10.1 Å². The van der Waals surface area contributed by atoms with Gasteiger partial charge in [-0.3, -0.25) is 14.6 Å². The van der Waals surface area contributed by atoms with E-state index in [4.69, 9.17) is 4.74 Å². The van der Waals surface area contributed by atoms with E-state index in [9.17, 15) is 14.9 Å². The summed E-state index contributed by atoms with van der Waals surface area (Å²) in [7, 11) is 0. The molecule has 1 N–H and O–H groups in total. The highest BCUT2D eigenvalue weighted by Gasteiger charge is 2.45. The number of nitrogens with one attached hydrogen (secondary N) is 1. The van der Waals surface area contributed by atoms with Crippen LogP contribution < -0.4 is 10.1 Å². The summed E-state index contributed by atoms with van der Waals surface area (Å²) in [5.41, 5.74) is 2.38. The first-order valence-corrected chi connectivity index (χ1v) is 11.1. The van der Waals surface area contributed by atoms with E-state index < -0.39 is 17.6 Å². The highest BCUT2D eigenvalue weighted by atomic mass is 16.5. The number of hydrazone groups is 1. The molecule has 2 aromatic carbocycles. The molecule has 0 aromatic heterocycles. The minimum atomic E-state index is -1.52. The van der Waals surface area contributed by atoms with Crippen LogP contribution in [0.1, 0.15) is 23.6 Å². The molecule has 34 heavy (non-hydrogen) atoms. The van der Waals surface area contributed by atoms with Crippen molar-refractivity contribution in [2.75, 3.05) is 0 Å². The molecule has 0 bridgehead atoms. The first kappa shape index (κ1) is 21.4. The number of para-hydroxylation sites is 1. The standard InChI is InChI=1S/C27H22N4O3/c28-15-21(27(33)29-16-18-9-3-1-4-10-18)26(32)24-22-17-34-23-14-8-7-13-20(23)25(22)31(30-24)19-11-5-2-6-12-19/h1,3-14,17,19,21,25H,2,16H2,(H,29,33). The average Bonchev–Trinajstić information content (AvgIpc) is 3.29. The van der Waals surface area contributed by atoms with Gasteiger partial charge in [0.25, 0.3) is 0 Å². The number of carbonyl (C=O) groups is 2. The minimum Gasteiger partial charge on any atom is -0.464 e. The van der Waals surface area contributed by atoms with Crippen molar-refractivity contribution in [2.24, 2.45) is 11.0 Å². The van der Waals surface area contributed by atoms with Crippen molar-refractivity contribution >= 4 is 17.4 Å². The van der Waals surface area contributed by atoms with Gasteiger partial charge in [0.2, 0.25) is 11.7 Å². The Morgan fingerprint density at radius 2 is 1.85 bits per heavy atom. The monoisotopic (exact) mass is 450 g/mol. The predicted molar refractivity (Wildman–Crippen MR) is 126 cm³/mol. The van der Waals surface area contributed by atoms with Crippen LogP contribution in [0.3, 0.4) is 0 Å². The van der Waals surface area contributed by atoms with Crippen molar-refractivity contribution in [1.29, 1.82) is 5.26 Å². The van der Waals surface area contributed by atoms with Gasteiger partial charge in [0.1, 0.15) is 17.5 Å². The Morgan fingerprint density at radius 1 is 1.12 bits per heavy atom. The molecule has 5 rings (SSSR count). The molecule has 0 fully saturated rings. The summed E-state index contributed by atoms with van der Waals surface area (Å²) in [6.07, 6.45) is 10.5. The van der Waals surface area contributed by atoms with Crippen molar-refractivity contribution in [3.8, 4) is 11.8 Å². The van der Waals surface area contributed by atoms with Crippen LogP contribution in [0.4, 0.5) is 0 Å². The molecule has 7 nitrogen and oxygen atoms in total. The zero-order chi connectivity index (χ0) is 23.5. The highest BCUT2D eigenvalue weighted by molar-refractivity contribution is 6.50. The van der Waals surface area contributed by atoms with E-state index >= 15 is 0 Å². The van der Waals surface area contributed by atoms with Crippen LogP contribution in [0.2, 0.25) is 0 Å². The molecule has 0 saturated heterocycles. The van der Waals surface area contributed by atoms with Gasteiger partial charge in [0, 0.05) is 17.7 Å². The third-order valence-electron chi connectivity index (χ3n) is 6.02. The number of ketones is 1. The maximum Gasteiger partial charge on any atom is 0.245 e. The van der Waals surface area contributed by atoms with E-state index in [0.717, 1.165) is 17.5 Å². The fourth-order valence-electron chi connectivity index (χ4n) is 4.32. The number of hydrogen-bond donors (Lipinski definition) is 1. The second-order valence-corrected chi connectivity index (χ2v) is 8.17. The largest absolute Gasteiger partial charge is 0.464 e. The Labute approximate surface area is 197 Å². The van der Waals surface area contributed by atoms with E-state index in [-0.39, 0.29) is 24.3 Å². The summed E-state index contributed by atoms with van der Waals surface area (Å²) in [5, 5.41) is 18.9. The number of benzene rings is 2. The molecule has 1 amide bonds. The highest BCUT2D eigenvalue weighted by Crippen LogP contribution is 2.44. The normalized spacial score (nSPS) is 19.1. The number of carbonyl (C=O) groups excluding carboxylic acids is 2. The average molecular weight is 450 g/mol. The van der Waals surface area contributed by atoms with Gasteiger partial charge in [-0.05, 0) is 18.1 Å². The number of nitriles is 1. The fourth-order valence-corrected chi connectivity index (χ4v) is 4.32. The molecular formula is C27H22N4O3. The second-order valence-electron chi connectivity index (χ2n) is 8.17. The second kappa shape index (κ2) is 9.20. The fraction of sp³-hybridized carbons (Fsp3) is 0.185. The van der Waals surface area contributed by atoms with Gasteiger partial charge in [0.15, 0.2) is 5.92 Å². The van der Waals surface area contributed by atoms with Crippen molar-refractivity contribution in [1.82, 2.24) is 10.3 Å². The molecule has 0 spiro atoms. The lowest BCUT2D eigenvalue weighted by Gasteiger charge is -2.32. The van der Waals surface area contributed by atoms with Crippen molar-refractivity contribution in [2.45, 2.75) is 25.0 Å². The van der Waals surface area contributed by atoms with Crippen molar-refractivity contribution < 1.29 is 14.3 Å². The molecule has 7 heteroatoms.